The lowest BCUT2D eigenvalue weighted by atomic mass is 9.85. The second-order valence-corrected chi connectivity index (χ2v) is 6.52. The molecule has 1 saturated carbocycles. The van der Waals surface area contributed by atoms with Crippen LogP contribution in [-0.2, 0) is 4.79 Å². The number of amides is 1. The number of halogens is 1. The number of carbonyl (C=O) groups is 1. The molecule has 0 saturated heterocycles. The van der Waals surface area contributed by atoms with Crippen LogP contribution in [-0.4, -0.2) is 50.5 Å². The number of nitrogens with one attached hydrogen (secondary N) is 2. The average molecular weight is 438 g/mol. The molecule has 0 aliphatic heterocycles. The Morgan fingerprint density at radius 1 is 1.13 bits per heavy atom. The third-order valence-electron chi connectivity index (χ3n) is 4.38. The topological polar surface area (TPSA) is 56.7 Å². The van der Waals surface area contributed by atoms with Gasteiger partial charge in [-0.15, -0.1) is 24.0 Å². The molecular formula is C17H35IN4O. The van der Waals surface area contributed by atoms with E-state index >= 15 is 0 Å². The summed E-state index contributed by atoms with van der Waals surface area (Å²) in [5.41, 5.74) is -0.282. The normalized spacial score (nSPS) is 16.6. The van der Waals surface area contributed by atoms with Crippen molar-refractivity contribution in [2.45, 2.75) is 58.8 Å². The number of carbonyl (C=O) groups excluding carboxylic acids is 1. The van der Waals surface area contributed by atoms with Crippen molar-refractivity contribution in [3.05, 3.63) is 0 Å². The van der Waals surface area contributed by atoms with Gasteiger partial charge in [-0.05, 0) is 26.2 Å². The Labute approximate surface area is 159 Å². The standard InChI is InChI=1S/C17H34N4O.HI/c1-5-7-10-13-19-16(18-6-2)20-14-17(11-8-9-12-17)15(22)21(3)4;/h5-14H2,1-4H3,(H2,18,19,20);1H. The molecule has 0 aromatic carbocycles. The van der Waals surface area contributed by atoms with Crippen molar-refractivity contribution in [2.75, 3.05) is 33.7 Å². The van der Waals surface area contributed by atoms with Gasteiger partial charge < -0.3 is 15.5 Å². The Hall–Kier alpha value is -0.530. The van der Waals surface area contributed by atoms with Crippen molar-refractivity contribution in [1.29, 1.82) is 0 Å². The maximum Gasteiger partial charge on any atom is 0.230 e. The Morgan fingerprint density at radius 2 is 1.78 bits per heavy atom. The van der Waals surface area contributed by atoms with Crippen LogP contribution >= 0.6 is 24.0 Å². The van der Waals surface area contributed by atoms with Crippen LogP contribution in [0.3, 0.4) is 0 Å². The Morgan fingerprint density at radius 3 is 2.30 bits per heavy atom. The SMILES string of the molecule is CCCCCNC(=NCC1(C(=O)N(C)C)CCCC1)NCC.I. The van der Waals surface area contributed by atoms with E-state index in [1.807, 2.05) is 14.1 Å². The summed E-state index contributed by atoms with van der Waals surface area (Å²) in [5, 5.41) is 6.66. The molecule has 6 heteroatoms. The molecule has 0 radical (unpaired) electrons. The summed E-state index contributed by atoms with van der Waals surface area (Å²) in [5.74, 6) is 1.08. The van der Waals surface area contributed by atoms with Crippen LogP contribution in [0.15, 0.2) is 4.99 Å². The first-order chi connectivity index (χ1) is 10.6. The van der Waals surface area contributed by atoms with Crippen molar-refractivity contribution in [3.63, 3.8) is 0 Å². The highest BCUT2D eigenvalue weighted by atomic mass is 127. The second-order valence-electron chi connectivity index (χ2n) is 6.52. The zero-order chi connectivity index (χ0) is 16.4. The number of nitrogens with zero attached hydrogens (tertiary/aromatic N) is 2. The highest BCUT2D eigenvalue weighted by Crippen LogP contribution is 2.39. The van der Waals surface area contributed by atoms with Gasteiger partial charge in [0, 0.05) is 27.2 Å². The van der Waals surface area contributed by atoms with E-state index in [-0.39, 0.29) is 35.3 Å². The first-order valence-corrected chi connectivity index (χ1v) is 8.79. The Balaban J connectivity index is 0.00000484. The molecule has 0 unspecified atom stereocenters. The van der Waals surface area contributed by atoms with Crippen molar-refractivity contribution in [2.24, 2.45) is 10.4 Å². The van der Waals surface area contributed by atoms with Crippen LogP contribution in [0.2, 0.25) is 0 Å². The molecule has 23 heavy (non-hydrogen) atoms. The number of aliphatic imine (C=N–C) groups is 1. The van der Waals surface area contributed by atoms with Gasteiger partial charge in [0.25, 0.3) is 0 Å². The van der Waals surface area contributed by atoms with Gasteiger partial charge in [-0.1, -0.05) is 32.6 Å². The molecule has 1 fully saturated rings. The summed E-state index contributed by atoms with van der Waals surface area (Å²) in [7, 11) is 3.70. The van der Waals surface area contributed by atoms with Gasteiger partial charge in [0.2, 0.25) is 5.91 Å². The minimum atomic E-state index is -0.282. The van der Waals surface area contributed by atoms with Crippen LogP contribution in [0, 0.1) is 5.41 Å². The first-order valence-electron chi connectivity index (χ1n) is 8.79. The maximum atomic E-state index is 12.6. The fourth-order valence-corrected chi connectivity index (χ4v) is 3.12. The fraction of sp³-hybridized carbons (Fsp3) is 0.882. The van der Waals surface area contributed by atoms with Gasteiger partial charge in [0.05, 0.1) is 12.0 Å². The number of hydrogen-bond acceptors (Lipinski definition) is 2. The molecule has 0 atom stereocenters. The van der Waals surface area contributed by atoms with Gasteiger partial charge in [0.15, 0.2) is 5.96 Å². The van der Waals surface area contributed by atoms with Crippen LogP contribution in [0.5, 0.6) is 0 Å². The van der Waals surface area contributed by atoms with E-state index in [9.17, 15) is 4.79 Å². The molecule has 0 spiro atoms. The monoisotopic (exact) mass is 438 g/mol. The average Bonchev–Trinajstić information content (AvgIpc) is 2.98. The van der Waals surface area contributed by atoms with Crippen LogP contribution in [0.1, 0.15) is 58.8 Å². The van der Waals surface area contributed by atoms with E-state index in [1.54, 1.807) is 4.90 Å². The molecule has 1 aliphatic rings. The van der Waals surface area contributed by atoms with Gasteiger partial charge in [-0.25, -0.2) is 0 Å². The number of unbranched alkanes of at least 4 members (excludes halogenated alkanes) is 2. The Bertz CT molecular complexity index is 366. The maximum absolute atomic E-state index is 12.6. The highest BCUT2D eigenvalue weighted by molar-refractivity contribution is 14.0. The molecular weight excluding hydrogens is 403 g/mol. The van der Waals surface area contributed by atoms with E-state index in [4.69, 9.17) is 4.99 Å². The number of rotatable bonds is 8. The largest absolute Gasteiger partial charge is 0.357 e. The molecule has 1 rings (SSSR count). The molecule has 0 aromatic rings. The summed E-state index contributed by atoms with van der Waals surface area (Å²) < 4.78 is 0. The quantitative estimate of drug-likeness (QED) is 0.265. The van der Waals surface area contributed by atoms with Gasteiger partial charge in [-0.2, -0.15) is 0 Å². The molecule has 0 bridgehead atoms. The van der Waals surface area contributed by atoms with Gasteiger partial charge in [-0.3, -0.25) is 9.79 Å². The number of guanidine groups is 1. The lowest BCUT2D eigenvalue weighted by Crippen LogP contribution is -2.43. The summed E-state index contributed by atoms with van der Waals surface area (Å²) in [6.07, 6.45) is 7.80. The van der Waals surface area contributed by atoms with E-state index in [0.717, 1.165) is 51.2 Å². The molecule has 1 aliphatic carbocycles. The zero-order valence-electron chi connectivity index (χ0n) is 15.3. The molecule has 2 N–H and O–H groups in total. The molecule has 0 heterocycles. The number of hydrogen-bond donors (Lipinski definition) is 2. The van der Waals surface area contributed by atoms with E-state index in [2.05, 4.69) is 24.5 Å². The van der Waals surface area contributed by atoms with Crippen molar-refractivity contribution < 1.29 is 4.79 Å². The lowest BCUT2D eigenvalue weighted by Gasteiger charge is -2.29. The molecule has 136 valence electrons. The molecule has 1 amide bonds. The van der Waals surface area contributed by atoms with Gasteiger partial charge in [0.1, 0.15) is 0 Å². The zero-order valence-corrected chi connectivity index (χ0v) is 17.6. The molecule has 5 nitrogen and oxygen atoms in total. The minimum absolute atomic E-state index is 0. The summed E-state index contributed by atoms with van der Waals surface area (Å²) >= 11 is 0. The Kier molecular flexibility index (Phi) is 11.6. The smallest absolute Gasteiger partial charge is 0.230 e. The minimum Gasteiger partial charge on any atom is -0.357 e. The summed E-state index contributed by atoms with van der Waals surface area (Å²) in [6.45, 7) is 6.64. The van der Waals surface area contributed by atoms with Gasteiger partial charge >= 0.3 is 0 Å². The third kappa shape index (κ3) is 7.27. The molecule has 0 aromatic heterocycles. The first kappa shape index (κ1) is 22.5. The summed E-state index contributed by atoms with van der Waals surface area (Å²) in [4.78, 5) is 19.0. The van der Waals surface area contributed by atoms with Crippen molar-refractivity contribution >= 4 is 35.8 Å². The summed E-state index contributed by atoms with van der Waals surface area (Å²) in [6, 6.07) is 0. The van der Waals surface area contributed by atoms with E-state index in [1.165, 1.54) is 12.8 Å². The van der Waals surface area contributed by atoms with Crippen LogP contribution < -0.4 is 10.6 Å². The van der Waals surface area contributed by atoms with E-state index in [0.29, 0.717) is 6.54 Å². The predicted molar refractivity (Wildman–Crippen MR) is 109 cm³/mol. The van der Waals surface area contributed by atoms with E-state index < -0.39 is 0 Å². The van der Waals surface area contributed by atoms with Crippen molar-refractivity contribution in [3.8, 4) is 0 Å². The third-order valence-corrected chi connectivity index (χ3v) is 4.38. The van der Waals surface area contributed by atoms with Crippen molar-refractivity contribution in [1.82, 2.24) is 15.5 Å². The lowest BCUT2D eigenvalue weighted by molar-refractivity contribution is -0.138. The van der Waals surface area contributed by atoms with Crippen LogP contribution in [0.25, 0.3) is 0 Å². The fourth-order valence-electron chi connectivity index (χ4n) is 3.12. The van der Waals surface area contributed by atoms with Crippen LogP contribution in [0.4, 0.5) is 0 Å². The second kappa shape index (κ2) is 11.9. The predicted octanol–water partition coefficient (Wildman–Crippen LogP) is 3.00. The highest BCUT2D eigenvalue weighted by Gasteiger charge is 2.41.